The van der Waals surface area contributed by atoms with Crippen LogP contribution in [0, 0.1) is 0 Å². The van der Waals surface area contributed by atoms with Crippen molar-refractivity contribution in [2.75, 3.05) is 20.6 Å². The second-order valence-corrected chi connectivity index (χ2v) is 5.88. The Kier molecular flexibility index (Phi) is 6.00. The van der Waals surface area contributed by atoms with Crippen molar-refractivity contribution in [2.24, 2.45) is 0 Å². The van der Waals surface area contributed by atoms with Gasteiger partial charge in [-0.15, -0.1) is 4.28 Å². The SMILES string of the molecule is CN(C)NC(=O)[C@@H]1CC[C@@H]2CN1C(=O)N2OS(=O)(=O)O.[Na]. The van der Waals surface area contributed by atoms with Crippen molar-refractivity contribution in [1.29, 1.82) is 0 Å². The van der Waals surface area contributed by atoms with Crippen molar-refractivity contribution in [3.8, 4) is 0 Å². The van der Waals surface area contributed by atoms with Crippen molar-refractivity contribution < 1.29 is 26.8 Å². The van der Waals surface area contributed by atoms with E-state index in [4.69, 9.17) is 4.55 Å². The van der Waals surface area contributed by atoms with Crippen LogP contribution in [0.3, 0.4) is 0 Å². The number of carbonyl (C=O) groups excluding carboxylic acids is 2. The Morgan fingerprint density at radius 1 is 1.43 bits per heavy atom. The van der Waals surface area contributed by atoms with E-state index in [9.17, 15) is 18.0 Å². The fraction of sp³-hybridized carbons (Fsp3) is 0.778. The molecular weight excluding hydrogens is 315 g/mol. The van der Waals surface area contributed by atoms with Crippen molar-refractivity contribution >= 4 is 51.9 Å². The predicted octanol–water partition coefficient (Wildman–Crippen LogP) is -1.80. The summed E-state index contributed by atoms with van der Waals surface area (Å²) in [6.45, 7) is 0.180. The fourth-order valence-corrected chi connectivity index (χ4v) is 2.79. The van der Waals surface area contributed by atoms with Crippen LogP contribution in [-0.4, -0.2) is 102 Å². The van der Waals surface area contributed by atoms with Crippen LogP contribution in [0.15, 0.2) is 0 Å². The number of urea groups is 1. The average molecular weight is 331 g/mol. The molecule has 0 aromatic carbocycles. The number of amides is 3. The van der Waals surface area contributed by atoms with E-state index in [2.05, 4.69) is 9.71 Å². The Bertz CT molecular complexity index is 526. The van der Waals surface area contributed by atoms with Gasteiger partial charge in [0.25, 0.3) is 5.91 Å². The van der Waals surface area contributed by atoms with Crippen LogP contribution in [0.25, 0.3) is 0 Å². The van der Waals surface area contributed by atoms with Crippen LogP contribution in [-0.2, 0) is 19.5 Å². The number of nitrogens with one attached hydrogen (secondary N) is 1. The molecule has 2 heterocycles. The first-order valence-corrected chi connectivity index (χ1v) is 7.30. The quantitative estimate of drug-likeness (QED) is 0.354. The van der Waals surface area contributed by atoms with Gasteiger partial charge in [0, 0.05) is 50.2 Å². The molecule has 1 radical (unpaired) electrons. The number of hydroxylamine groups is 2. The maximum Gasteiger partial charge on any atom is 0.418 e. The summed E-state index contributed by atoms with van der Waals surface area (Å²) in [5, 5.41) is 2.07. The van der Waals surface area contributed by atoms with E-state index in [0.29, 0.717) is 17.9 Å². The van der Waals surface area contributed by atoms with E-state index in [-0.39, 0.29) is 42.0 Å². The van der Waals surface area contributed by atoms with Crippen LogP contribution in [0.1, 0.15) is 12.8 Å². The first kappa shape index (κ1) is 18.6. The number of hydrogen-bond donors (Lipinski definition) is 2. The van der Waals surface area contributed by atoms with E-state index in [1.807, 2.05) is 0 Å². The number of hydrazine groups is 1. The molecule has 10 nitrogen and oxygen atoms in total. The molecule has 2 aliphatic heterocycles. The zero-order valence-corrected chi connectivity index (χ0v) is 14.8. The third kappa shape index (κ3) is 4.28. The Labute approximate surface area is 144 Å². The van der Waals surface area contributed by atoms with Gasteiger partial charge in [-0.2, -0.15) is 13.5 Å². The van der Waals surface area contributed by atoms with Gasteiger partial charge < -0.3 is 4.90 Å². The third-order valence-electron chi connectivity index (χ3n) is 3.13. The molecule has 2 rings (SSSR count). The minimum Gasteiger partial charge on any atom is -0.309 e. The molecule has 0 saturated carbocycles. The average Bonchev–Trinajstić information content (AvgIpc) is 2.52. The van der Waals surface area contributed by atoms with Gasteiger partial charge in [0.2, 0.25) is 0 Å². The summed E-state index contributed by atoms with van der Waals surface area (Å²) >= 11 is 0. The molecule has 2 aliphatic rings. The Balaban J connectivity index is 0.00000220. The van der Waals surface area contributed by atoms with Crippen molar-refractivity contribution in [1.82, 2.24) is 20.4 Å². The summed E-state index contributed by atoms with van der Waals surface area (Å²) in [5.74, 6) is -0.351. The number of fused-ring (bicyclic) bond motifs is 2. The molecule has 21 heavy (non-hydrogen) atoms. The minimum absolute atomic E-state index is 0. The van der Waals surface area contributed by atoms with Crippen molar-refractivity contribution in [3.63, 3.8) is 0 Å². The van der Waals surface area contributed by atoms with E-state index in [1.165, 1.54) is 9.91 Å². The molecule has 0 spiro atoms. The van der Waals surface area contributed by atoms with E-state index in [0.717, 1.165) is 0 Å². The first-order valence-electron chi connectivity index (χ1n) is 5.93. The van der Waals surface area contributed by atoms with Gasteiger partial charge in [-0.25, -0.2) is 9.80 Å². The summed E-state index contributed by atoms with van der Waals surface area (Å²) in [7, 11) is -1.48. The smallest absolute Gasteiger partial charge is 0.309 e. The maximum atomic E-state index is 12.0. The number of piperidine rings is 1. The summed E-state index contributed by atoms with van der Waals surface area (Å²) in [6, 6.07) is -1.92. The third-order valence-corrected chi connectivity index (χ3v) is 3.48. The monoisotopic (exact) mass is 331 g/mol. The molecule has 12 heteroatoms. The standard InChI is InChI=1S/C9H16N4O6S.Na/c1-11(2)10-8(14)7-4-3-6-5-12(7)9(15)13(6)19-20(16,17)18;/h6-7H,3-5H2,1-2H3,(H,10,14)(H,16,17,18);/t6-,7+;/m1./s1. The fourth-order valence-electron chi connectivity index (χ4n) is 2.40. The van der Waals surface area contributed by atoms with Gasteiger partial charge in [-0.1, -0.05) is 0 Å². The molecule has 3 amide bonds. The van der Waals surface area contributed by atoms with Gasteiger partial charge in [0.1, 0.15) is 6.04 Å². The Hall–Kier alpha value is -0.430. The summed E-state index contributed by atoms with van der Waals surface area (Å²) in [6.07, 6.45) is 0.796. The van der Waals surface area contributed by atoms with Crippen LogP contribution < -0.4 is 5.43 Å². The zero-order chi connectivity index (χ0) is 15.1. The number of nitrogens with zero attached hydrogens (tertiary/aromatic N) is 3. The molecule has 2 saturated heterocycles. The Morgan fingerprint density at radius 3 is 2.57 bits per heavy atom. The summed E-state index contributed by atoms with van der Waals surface area (Å²) in [4.78, 5) is 25.2. The molecule has 0 unspecified atom stereocenters. The molecule has 0 aromatic heterocycles. The predicted molar refractivity (Wildman–Crippen MR) is 71.0 cm³/mol. The number of rotatable bonds is 4. The van der Waals surface area contributed by atoms with Crippen LogP contribution in [0.5, 0.6) is 0 Å². The molecule has 2 N–H and O–H groups in total. The second kappa shape index (κ2) is 6.77. The summed E-state index contributed by atoms with van der Waals surface area (Å²) in [5.41, 5.74) is 2.55. The van der Waals surface area contributed by atoms with E-state index >= 15 is 0 Å². The molecule has 2 fully saturated rings. The molecule has 0 aliphatic carbocycles. The number of carbonyl (C=O) groups is 2. The molecule has 2 atom stereocenters. The first-order chi connectivity index (χ1) is 9.19. The Morgan fingerprint density at radius 2 is 2.05 bits per heavy atom. The van der Waals surface area contributed by atoms with Crippen LogP contribution >= 0.6 is 0 Å². The second-order valence-electron chi connectivity index (χ2n) is 4.88. The molecular formula is C9H16N4NaO6S. The van der Waals surface area contributed by atoms with Gasteiger partial charge in [-0.3, -0.25) is 14.8 Å². The topological polar surface area (TPSA) is 119 Å². The molecule has 0 aromatic rings. The van der Waals surface area contributed by atoms with E-state index in [1.54, 1.807) is 14.1 Å². The number of hydrogen-bond acceptors (Lipinski definition) is 6. The van der Waals surface area contributed by atoms with Gasteiger partial charge in [0.15, 0.2) is 0 Å². The minimum atomic E-state index is -4.77. The molecule has 2 bridgehead atoms. The largest absolute Gasteiger partial charge is 0.418 e. The van der Waals surface area contributed by atoms with Gasteiger partial charge in [0.05, 0.1) is 6.04 Å². The van der Waals surface area contributed by atoms with Gasteiger partial charge >= 0.3 is 16.4 Å². The molecule has 115 valence electrons. The van der Waals surface area contributed by atoms with Crippen molar-refractivity contribution in [3.05, 3.63) is 0 Å². The van der Waals surface area contributed by atoms with Crippen LogP contribution in [0.4, 0.5) is 4.79 Å². The normalized spacial score (nSPS) is 25.0. The van der Waals surface area contributed by atoms with Gasteiger partial charge in [-0.05, 0) is 12.8 Å². The van der Waals surface area contributed by atoms with Crippen molar-refractivity contribution in [2.45, 2.75) is 24.9 Å². The maximum absolute atomic E-state index is 12.0. The van der Waals surface area contributed by atoms with Crippen LogP contribution in [0.2, 0.25) is 0 Å². The zero-order valence-electron chi connectivity index (χ0n) is 12.0. The van der Waals surface area contributed by atoms with E-state index < -0.39 is 28.5 Å². The summed E-state index contributed by atoms with van der Waals surface area (Å²) < 4.78 is 34.4.